The van der Waals surface area contributed by atoms with E-state index in [0.717, 1.165) is 11.6 Å². The molecule has 3 aromatic rings. The van der Waals surface area contributed by atoms with Gasteiger partial charge in [-0.05, 0) is 22.4 Å². The van der Waals surface area contributed by atoms with Crippen molar-refractivity contribution in [2.45, 2.75) is 13.1 Å². The Kier molecular flexibility index (Phi) is 3.93. The van der Waals surface area contributed by atoms with Crippen molar-refractivity contribution < 1.29 is 8.78 Å². The van der Waals surface area contributed by atoms with Gasteiger partial charge < -0.3 is 5.32 Å². The highest BCUT2D eigenvalue weighted by atomic mass is 19.2. The maximum Gasteiger partial charge on any atom is 0.163 e. The van der Waals surface area contributed by atoms with Crippen LogP contribution in [0.25, 0.3) is 10.8 Å². The van der Waals surface area contributed by atoms with Crippen LogP contribution in [0.5, 0.6) is 0 Å². The number of hydrogen-bond acceptors (Lipinski definition) is 1. The van der Waals surface area contributed by atoms with E-state index in [9.17, 15) is 8.78 Å². The van der Waals surface area contributed by atoms with Crippen LogP contribution in [0, 0.1) is 11.6 Å². The molecule has 21 heavy (non-hydrogen) atoms. The van der Waals surface area contributed by atoms with Crippen molar-refractivity contribution in [2.24, 2.45) is 0 Å². The van der Waals surface area contributed by atoms with Crippen LogP contribution in [0.1, 0.15) is 11.1 Å². The molecule has 0 aliphatic carbocycles. The van der Waals surface area contributed by atoms with Gasteiger partial charge in [0, 0.05) is 18.7 Å². The van der Waals surface area contributed by atoms with Crippen LogP contribution in [0.2, 0.25) is 0 Å². The molecule has 0 radical (unpaired) electrons. The summed E-state index contributed by atoms with van der Waals surface area (Å²) in [6.45, 7) is 0.907. The third kappa shape index (κ3) is 2.93. The minimum Gasteiger partial charge on any atom is -0.308 e. The number of nitrogens with one attached hydrogen (secondary N) is 1. The van der Waals surface area contributed by atoms with Crippen LogP contribution in [-0.2, 0) is 13.1 Å². The zero-order valence-electron chi connectivity index (χ0n) is 11.4. The van der Waals surface area contributed by atoms with Gasteiger partial charge in [0.25, 0.3) is 0 Å². The molecule has 0 unspecified atom stereocenters. The lowest BCUT2D eigenvalue weighted by Gasteiger charge is -2.09. The average molecular weight is 283 g/mol. The van der Waals surface area contributed by atoms with Crippen molar-refractivity contribution >= 4 is 10.8 Å². The summed E-state index contributed by atoms with van der Waals surface area (Å²) in [7, 11) is 0. The van der Waals surface area contributed by atoms with E-state index in [1.807, 2.05) is 24.3 Å². The van der Waals surface area contributed by atoms with Gasteiger partial charge in [-0.2, -0.15) is 0 Å². The maximum absolute atomic E-state index is 13.6. The van der Waals surface area contributed by atoms with Gasteiger partial charge in [0.05, 0.1) is 0 Å². The van der Waals surface area contributed by atoms with Crippen molar-refractivity contribution in [3.8, 4) is 0 Å². The first-order valence-electron chi connectivity index (χ1n) is 6.86. The van der Waals surface area contributed by atoms with Crippen molar-refractivity contribution in [1.82, 2.24) is 5.32 Å². The zero-order valence-corrected chi connectivity index (χ0v) is 11.4. The summed E-state index contributed by atoms with van der Waals surface area (Å²) >= 11 is 0. The summed E-state index contributed by atoms with van der Waals surface area (Å²) < 4.78 is 26.7. The van der Waals surface area contributed by atoms with Gasteiger partial charge in [-0.25, -0.2) is 8.78 Å². The first-order valence-corrected chi connectivity index (χ1v) is 6.86. The summed E-state index contributed by atoms with van der Waals surface area (Å²) in [5, 5.41) is 5.52. The molecule has 0 fully saturated rings. The van der Waals surface area contributed by atoms with E-state index in [4.69, 9.17) is 0 Å². The van der Waals surface area contributed by atoms with E-state index in [-0.39, 0.29) is 0 Å². The number of hydrogen-bond donors (Lipinski definition) is 1. The van der Waals surface area contributed by atoms with Crippen LogP contribution in [0.3, 0.4) is 0 Å². The van der Waals surface area contributed by atoms with Crippen molar-refractivity contribution in [2.75, 3.05) is 0 Å². The molecule has 1 N–H and O–H groups in total. The first kappa shape index (κ1) is 13.7. The average Bonchev–Trinajstić information content (AvgIpc) is 2.52. The predicted molar refractivity (Wildman–Crippen MR) is 80.8 cm³/mol. The third-order valence-corrected chi connectivity index (χ3v) is 3.54. The Balaban J connectivity index is 1.74. The lowest BCUT2D eigenvalue weighted by molar-refractivity contribution is 0.493. The summed E-state index contributed by atoms with van der Waals surface area (Å²) in [5.74, 6) is -1.58. The molecule has 3 aromatic carbocycles. The molecule has 0 aliphatic rings. The Morgan fingerprint density at radius 2 is 1.38 bits per heavy atom. The van der Waals surface area contributed by atoms with Crippen molar-refractivity contribution in [1.29, 1.82) is 0 Å². The number of benzene rings is 3. The molecule has 0 aromatic heterocycles. The first-order chi connectivity index (χ1) is 10.3. The minimum absolute atomic E-state index is 0.298. The maximum atomic E-state index is 13.6. The molecular formula is C18H15F2N. The Labute approximate surface area is 122 Å². The second-order valence-corrected chi connectivity index (χ2v) is 4.95. The third-order valence-electron chi connectivity index (χ3n) is 3.54. The smallest absolute Gasteiger partial charge is 0.163 e. The molecule has 3 rings (SSSR count). The van der Waals surface area contributed by atoms with Crippen LogP contribution in [0.15, 0.2) is 60.7 Å². The Hall–Kier alpha value is -2.26. The quantitative estimate of drug-likeness (QED) is 0.748. The standard InChI is InChI=1S/C18H15F2N/c19-17-10-4-8-15(18(17)20)12-21-11-14-7-3-6-13-5-1-2-9-16(13)14/h1-10,21H,11-12H2. The molecule has 0 saturated carbocycles. The monoisotopic (exact) mass is 283 g/mol. The van der Waals surface area contributed by atoms with Crippen molar-refractivity contribution in [3.05, 3.63) is 83.4 Å². The van der Waals surface area contributed by atoms with Gasteiger partial charge in [0.2, 0.25) is 0 Å². The van der Waals surface area contributed by atoms with Gasteiger partial charge in [0.15, 0.2) is 11.6 Å². The van der Waals surface area contributed by atoms with Crippen LogP contribution >= 0.6 is 0 Å². The van der Waals surface area contributed by atoms with E-state index in [1.54, 1.807) is 6.07 Å². The number of rotatable bonds is 4. The normalized spacial score (nSPS) is 11.0. The van der Waals surface area contributed by atoms with Gasteiger partial charge in [-0.15, -0.1) is 0 Å². The SMILES string of the molecule is Fc1cccc(CNCc2cccc3ccccc23)c1F. The summed E-state index contributed by atoms with van der Waals surface area (Å²) in [6.07, 6.45) is 0. The molecule has 0 saturated heterocycles. The number of halogens is 2. The Morgan fingerprint density at radius 1 is 0.714 bits per heavy atom. The largest absolute Gasteiger partial charge is 0.308 e. The molecule has 0 heterocycles. The lowest BCUT2D eigenvalue weighted by atomic mass is 10.0. The van der Waals surface area contributed by atoms with Gasteiger partial charge in [-0.1, -0.05) is 54.6 Å². The minimum atomic E-state index is -0.806. The molecular weight excluding hydrogens is 268 g/mol. The number of fused-ring (bicyclic) bond motifs is 1. The zero-order chi connectivity index (χ0) is 14.7. The topological polar surface area (TPSA) is 12.0 Å². The van der Waals surface area contributed by atoms with E-state index < -0.39 is 11.6 Å². The molecule has 106 valence electrons. The van der Waals surface area contributed by atoms with Gasteiger partial charge in [0.1, 0.15) is 0 Å². The highest BCUT2D eigenvalue weighted by molar-refractivity contribution is 5.85. The van der Waals surface area contributed by atoms with E-state index >= 15 is 0 Å². The second kappa shape index (κ2) is 6.02. The molecule has 0 aliphatic heterocycles. The predicted octanol–water partition coefficient (Wildman–Crippen LogP) is 4.41. The van der Waals surface area contributed by atoms with E-state index in [0.29, 0.717) is 18.7 Å². The molecule has 3 heteroatoms. The van der Waals surface area contributed by atoms with Crippen molar-refractivity contribution in [3.63, 3.8) is 0 Å². The van der Waals surface area contributed by atoms with Gasteiger partial charge in [-0.3, -0.25) is 0 Å². The molecule has 0 atom stereocenters. The molecule has 0 amide bonds. The van der Waals surface area contributed by atoms with E-state index in [2.05, 4.69) is 23.5 Å². The summed E-state index contributed by atoms with van der Waals surface area (Å²) in [5.41, 5.74) is 1.49. The van der Waals surface area contributed by atoms with Crippen LogP contribution in [0.4, 0.5) is 8.78 Å². The highest BCUT2D eigenvalue weighted by Gasteiger charge is 2.07. The summed E-state index contributed by atoms with van der Waals surface area (Å²) in [6, 6.07) is 18.5. The van der Waals surface area contributed by atoms with E-state index in [1.165, 1.54) is 16.8 Å². The highest BCUT2D eigenvalue weighted by Crippen LogP contribution is 2.18. The molecule has 1 nitrogen and oxygen atoms in total. The Morgan fingerprint density at radius 3 is 2.29 bits per heavy atom. The lowest BCUT2D eigenvalue weighted by Crippen LogP contribution is -2.14. The van der Waals surface area contributed by atoms with Gasteiger partial charge >= 0.3 is 0 Å². The van der Waals surface area contributed by atoms with Crippen LogP contribution in [-0.4, -0.2) is 0 Å². The molecule has 0 bridgehead atoms. The Bertz CT molecular complexity index is 763. The fourth-order valence-corrected chi connectivity index (χ4v) is 2.46. The second-order valence-electron chi connectivity index (χ2n) is 4.95. The summed E-state index contributed by atoms with van der Waals surface area (Å²) in [4.78, 5) is 0. The van der Waals surface area contributed by atoms with Crippen LogP contribution < -0.4 is 5.32 Å². The fourth-order valence-electron chi connectivity index (χ4n) is 2.46. The molecule has 0 spiro atoms. The fraction of sp³-hybridized carbons (Fsp3) is 0.111.